The quantitative estimate of drug-likeness (QED) is 0.340. The van der Waals surface area contributed by atoms with E-state index in [9.17, 15) is 0 Å². The first-order valence-electron chi connectivity index (χ1n) is 4.23. The molecule has 0 aliphatic heterocycles. The number of aromatic nitrogens is 1. The van der Waals surface area contributed by atoms with E-state index in [1.165, 1.54) is 0.830 Å². The van der Waals surface area contributed by atoms with Crippen LogP contribution >= 0.6 is 0 Å². The Bertz CT molecular complexity index is 393. The van der Waals surface area contributed by atoms with Gasteiger partial charge in [-0.05, 0) is 0 Å². The molecule has 1 rings (SSSR count). The number of pyridine rings is 1. The van der Waals surface area contributed by atoms with Crippen LogP contribution in [-0.4, -0.2) is 71.2 Å². The minimum atomic E-state index is -0.286. The van der Waals surface area contributed by atoms with E-state index in [1.807, 2.05) is 6.07 Å². The van der Waals surface area contributed by atoms with Crippen molar-refractivity contribution in [3.8, 4) is 6.07 Å². The molecule has 1 heterocycles. The van der Waals surface area contributed by atoms with Crippen molar-refractivity contribution in [2.24, 2.45) is 4.99 Å². The van der Waals surface area contributed by atoms with Gasteiger partial charge in [-0.3, -0.25) is 0 Å². The SMILES string of the molecule is [B]c1ccc(CC(C#N)N=[C]([Pb])[Pb])nc1. The number of hydrogen-bond donors (Lipinski definition) is 0. The summed E-state index contributed by atoms with van der Waals surface area (Å²) in [4.78, 5) is 8.47. The normalized spacial score (nSPS) is 11.5. The van der Waals surface area contributed by atoms with Gasteiger partial charge in [0.05, 0.1) is 0 Å². The summed E-state index contributed by atoms with van der Waals surface area (Å²) in [7, 11) is 5.53. The molecular weight excluding hydrogens is 575 g/mol. The van der Waals surface area contributed by atoms with Crippen molar-refractivity contribution in [1.29, 1.82) is 5.26 Å². The fourth-order valence-corrected chi connectivity index (χ4v) is 2.24. The van der Waals surface area contributed by atoms with Crippen LogP contribution in [0.5, 0.6) is 0 Å². The summed E-state index contributed by atoms with van der Waals surface area (Å²) in [5, 5.41) is 8.91. The predicted molar refractivity (Wildman–Crippen MR) is 61.7 cm³/mol. The zero-order valence-corrected chi connectivity index (χ0v) is 15.7. The standard InChI is InChI=1S/C9H6BN3.2Pb/c1-12-9(5-11)4-8-3-2-7(10)6-13-8;;/h2-3,6,9H,4H2;;. The first-order valence-corrected chi connectivity index (χ1v) is 8.11. The first-order chi connectivity index (χ1) is 7.11. The Balaban J connectivity index is 2.72. The van der Waals surface area contributed by atoms with Gasteiger partial charge in [0.1, 0.15) is 0 Å². The number of aliphatic imine (C=N–C) groups is 1. The Morgan fingerprint density at radius 2 is 2.33 bits per heavy atom. The molecule has 8 radical (unpaired) electrons. The van der Waals surface area contributed by atoms with E-state index in [1.54, 1.807) is 12.3 Å². The van der Waals surface area contributed by atoms with Gasteiger partial charge in [0.25, 0.3) is 0 Å². The molecule has 15 heavy (non-hydrogen) atoms. The predicted octanol–water partition coefficient (Wildman–Crippen LogP) is -0.997. The van der Waals surface area contributed by atoms with Crippen molar-refractivity contribution in [2.45, 2.75) is 12.5 Å². The summed E-state index contributed by atoms with van der Waals surface area (Å²) in [6, 6.07) is 5.53. The third-order valence-electron chi connectivity index (χ3n) is 1.68. The first kappa shape index (κ1) is 13.3. The molecule has 1 aromatic rings. The van der Waals surface area contributed by atoms with Crippen LogP contribution in [-0.2, 0) is 6.42 Å². The summed E-state index contributed by atoms with van der Waals surface area (Å²) in [6.45, 7) is 0. The van der Waals surface area contributed by atoms with Gasteiger partial charge in [-0.15, -0.1) is 0 Å². The van der Waals surface area contributed by atoms with Crippen molar-refractivity contribution in [3.05, 3.63) is 24.0 Å². The van der Waals surface area contributed by atoms with Crippen molar-refractivity contribution in [3.63, 3.8) is 0 Å². The topological polar surface area (TPSA) is 49.0 Å². The number of nitriles is 1. The average Bonchev–Trinajstić information content (AvgIpc) is 2.19. The molecule has 1 unspecified atom stereocenters. The Morgan fingerprint density at radius 1 is 1.60 bits per heavy atom. The average molecular weight is 581 g/mol. The second-order valence-corrected chi connectivity index (χ2v) is 14.1. The third kappa shape index (κ3) is 5.19. The van der Waals surface area contributed by atoms with E-state index in [-0.39, 0.29) is 6.04 Å². The summed E-state index contributed by atoms with van der Waals surface area (Å²) < 4.78 is 1.18. The molecule has 0 N–H and O–H groups in total. The summed E-state index contributed by atoms with van der Waals surface area (Å²) in [6.07, 6.45) is 2.18. The van der Waals surface area contributed by atoms with Gasteiger partial charge in [0.2, 0.25) is 0 Å². The molecule has 68 valence electrons. The molecule has 1 atom stereocenters. The van der Waals surface area contributed by atoms with E-state index in [0.717, 1.165) is 57.2 Å². The van der Waals surface area contributed by atoms with Gasteiger partial charge in [0, 0.05) is 0 Å². The molecule has 0 saturated heterocycles. The Kier molecular flexibility index (Phi) is 5.96. The van der Waals surface area contributed by atoms with Gasteiger partial charge in [0.15, 0.2) is 0 Å². The minimum absolute atomic E-state index is 0.286. The summed E-state index contributed by atoms with van der Waals surface area (Å²) in [5.41, 5.74) is 1.51. The molecular formula is C9H6BN3Pb2. The zero-order chi connectivity index (χ0) is 11.3. The second-order valence-electron chi connectivity index (χ2n) is 2.91. The summed E-state index contributed by atoms with van der Waals surface area (Å²) >= 11 is 1.91. The molecule has 0 aliphatic carbocycles. The van der Waals surface area contributed by atoms with Crippen LogP contribution in [0.4, 0.5) is 0 Å². The number of rotatable bonds is 3. The third-order valence-corrected chi connectivity index (χ3v) is 2.69. The Morgan fingerprint density at radius 3 is 2.80 bits per heavy atom. The van der Waals surface area contributed by atoms with Crippen LogP contribution in [0.1, 0.15) is 5.69 Å². The van der Waals surface area contributed by atoms with Gasteiger partial charge in [-0.1, -0.05) is 0 Å². The van der Waals surface area contributed by atoms with Crippen LogP contribution in [0.3, 0.4) is 0 Å². The van der Waals surface area contributed by atoms with E-state index in [4.69, 9.17) is 13.1 Å². The molecule has 6 heteroatoms. The van der Waals surface area contributed by atoms with Crippen LogP contribution in [0, 0.1) is 11.3 Å². The molecule has 3 nitrogen and oxygen atoms in total. The number of nitrogens with zero attached hydrogens (tertiary/aromatic N) is 3. The fraction of sp³-hybridized carbons (Fsp3) is 0.222. The second kappa shape index (κ2) is 6.73. The van der Waals surface area contributed by atoms with Crippen LogP contribution in [0.15, 0.2) is 23.3 Å². The van der Waals surface area contributed by atoms with Crippen LogP contribution in [0.25, 0.3) is 0 Å². The molecule has 0 bridgehead atoms. The maximum absolute atomic E-state index is 8.91. The van der Waals surface area contributed by atoms with Crippen molar-refractivity contribution < 1.29 is 0 Å². The molecule has 0 aromatic carbocycles. The fourth-order valence-electron chi connectivity index (χ4n) is 1.03. The van der Waals surface area contributed by atoms with E-state index >= 15 is 0 Å². The molecule has 0 aliphatic rings. The van der Waals surface area contributed by atoms with Gasteiger partial charge in [-0.2, -0.15) is 0 Å². The zero-order valence-electron chi connectivity index (χ0n) is 7.94. The van der Waals surface area contributed by atoms with Crippen molar-refractivity contribution in [1.82, 2.24) is 4.98 Å². The van der Waals surface area contributed by atoms with E-state index in [2.05, 4.69) is 16.0 Å². The monoisotopic (exact) mass is 583 g/mol. The Labute approximate surface area is 122 Å². The van der Waals surface area contributed by atoms with Crippen LogP contribution < -0.4 is 5.46 Å². The van der Waals surface area contributed by atoms with E-state index < -0.39 is 0 Å². The maximum atomic E-state index is 8.91. The molecule has 0 saturated carbocycles. The molecule has 0 fully saturated rings. The van der Waals surface area contributed by atoms with E-state index in [0.29, 0.717) is 11.9 Å². The van der Waals surface area contributed by atoms with Gasteiger partial charge < -0.3 is 0 Å². The van der Waals surface area contributed by atoms with Crippen molar-refractivity contribution >= 4 is 65.7 Å². The summed E-state index contributed by atoms with van der Waals surface area (Å²) in [5.74, 6) is 0. The van der Waals surface area contributed by atoms with Gasteiger partial charge in [-0.25, -0.2) is 0 Å². The van der Waals surface area contributed by atoms with Crippen molar-refractivity contribution in [2.75, 3.05) is 0 Å². The molecule has 0 amide bonds. The van der Waals surface area contributed by atoms with Gasteiger partial charge >= 0.3 is 123 Å². The van der Waals surface area contributed by atoms with Crippen LogP contribution in [0.2, 0.25) is 0 Å². The number of hydrogen-bond acceptors (Lipinski definition) is 3. The molecule has 0 spiro atoms. The molecule has 1 aromatic heterocycles. The Hall–Kier alpha value is 0.219.